The van der Waals surface area contributed by atoms with Crippen molar-refractivity contribution in [1.82, 2.24) is 25.0 Å². The highest BCUT2D eigenvalue weighted by atomic mass is 15.5. The molecule has 78 valence electrons. The number of hydrogen-bond donors (Lipinski definition) is 1. The minimum atomic E-state index is 0.182. The lowest BCUT2D eigenvalue weighted by Crippen LogP contribution is -2.42. The molecule has 0 bridgehead atoms. The summed E-state index contributed by atoms with van der Waals surface area (Å²) in [6.45, 7) is 2.21. The van der Waals surface area contributed by atoms with E-state index >= 15 is 0 Å². The Labute approximate surface area is 86.7 Å². The molecule has 0 unspecified atom stereocenters. The van der Waals surface area contributed by atoms with Crippen LogP contribution in [0.5, 0.6) is 0 Å². The van der Waals surface area contributed by atoms with Crippen molar-refractivity contribution >= 4 is 11.5 Å². The van der Waals surface area contributed by atoms with Gasteiger partial charge < -0.3 is 5.32 Å². The predicted octanol–water partition coefficient (Wildman–Crippen LogP) is 0.874. The Hall–Kier alpha value is -1.72. The molecule has 0 amide bonds. The van der Waals surface area contributed by atoms with E-state index in [2.05, 4.69) is 32.7 Å². The third-order valence-corrected chi connectivity index (χ3v) is 3.00. The molecule has 6 nitrogen and oxygen atoms in total. The van der Waals surface area contributed by atoms with Crippen LogP contribution in [0.2, 0.25) is 0 Å². The number of hydrogen-bond acceptors (Lipinski definition) is 5. The number of tetrazole rings is 1. The molecule has 0 aliphatic heterocycles. The summed E-state index contributed by atoms with van der Waals surface area (Å²) in [5.41, 5.74) is 0.852. The molecule has 0 radical (unpaired) electrons. The van der Waals surface area contributed by atoms with Gasteiger partial charge in [-0.15, -0.1) is 5.10 Å². The second kappa shape index (κ2) is 2.88. The van der Waals surface area contributed by atoms with Gasteiger partial charge in [0.05, 0.1) is 12.4 Å². The van der Waals surface area contributed by atoms with Gasteiger partial charge in [-0.25, -0.2) is 0 Å². The monoisotopic (exact) mass is 204 g/mol. The molecule has 0 saturated heterocycles. The first-order valence-corrected chi connectivity index (χ1v) is 5.07. The Bertz CT molecular complexity index is 486. The van der Waals surface area contributed by atoms with Crippen LogP contribution in [0.15, 0.2) is 12.4 Å². The number of fused-ring (bicyclic) bond motifs is 1. The maximum absolute atomic E-state index is 4.10. The zero-order valence-electron chi connectivity index (χ0n) is 8.51. The van der Waals surface area contributed by atoms with Crippen LogP contribution in [0, 0.1) is 0 Å². The Morgan fingerprint density at radius 1 is 1.40 bits per heavy atom. The highest BCUT2D eigenvalue weighted by Gasteiger charge is 2.32. The topological polar surface area (TPSA) is 68.0 Å². The molecular formula is C9H12N6. The second-order valence-corrected chi connectivity index (χ2v) is 4.28. The molecule has 1 saturated carbocycles. The standard InChI is InChI=1S/C9H12N6/c1-9(3-2-4-9)11-7-5-10-6-8-12-13-14-15(7)8/h5-6,11H,2-4H2,1H3. The Kier molecular flexibility index (Phi) is 1.65. The molecule has 0 spiro atoms. The van der Waals surface area contributed by atoms with Crippen molar-refractivity contribution < 1.29 is 0 Å². The molecule has 2 aromatic heterocycles. The summed E-state index contributed by atoms with van der Waals surface area (Å²) in [7, 11) is 0. The molecule has 0 aromatic carbocycles. The van der Waals surface area contributed by atoms with Crippen LogP contribution in [-0.4, -0.2) is 30.6 Å². The van der Waals surface area contributed by atoms with E-state index in [4.69, 9.17) is 0 Å². The van der Waals surface area contributed by atoms with E-state index in [-0.39, 0.29) is 5.54 Å². The van der Waals surface area contributed by atoms with E-state index in [1.54, 1.807) is 16.9 Å². The number of nitrogens with one attached hydrogen (secondary N) is 1. The van der Waals surface area contributed by atoms with Crippen LogP contribution < -0.4 is 5.32 Å². The van der Waals surface area contributed by atoms with Gasteiger partial charge in [-0.1, -0.05) is 0 Å². The third kappa shape index (κ3) is 1.33. The van der Waals surface area contributed by atoms with Gasteiger partial charge in [0.15, 0.2) is 11.5 Å². The first-order chi connectivity index (χ1) is 7.27. The number of rotatable bonds is 2. The van der Waals surface area contributed by atoms with E-state index < -0.39 is 0 Å². The fourth-order valence-corrected chi connectivity index (χ4v) is 1.90. The maximum Gasteiger partial charge on any atom is 0.199 e. The maximum atomic E-state index is 4.10. The molecule has 15 heavy (non-hydrogen) atoms. The fourth-order valence-electron chi connectivity index (χ4n) is 1.90. The zero-order valence-corrected chi connectivity index (χ0v) is 8.51. The van der Waals surface area contributed by atoms with Crippen molar-refractivity contribution in [3.63, 3.8) is 0 Å². The van der Waals surface area contributed by atoms with Gasteiger partial charge in [0.1, 0.15) is 0 Å². The van der Waals surface area contributed by atoms with Crippen LogP contribution in [0.3, 0.4) is 0 Å². The van der Waals surface area contributed by atoms with Crippen LogP contribution in [0.25, 0.3) is 5.65 Å². The van der Waals surface area contributed by atoms with Gasteiger partial charge in [-0.2, -0.15) is 4.52 Å². The Morgan fingerprint density at radius 2 is 2.27 bits per heavy atom. The van der Waals surface area contributed by atoms with Gasteiger partial charge in [0.25, 0.3) is 0 Å². The van der Waals surface area contributed by atoms with Crippen LogP contribution >= 0.6 is 0 Å². The van der Waals surface area contributed by atoms with Gasteiger partial charge in [-0.05, 0) is 36.6 Å². The third-order valence-electron chi connectivity index (χ3n) is 3.00. The minimum absolute atomic E-state index is 0.182. The molecule has 2 aromatic rings. The fraction of sp³-hybridized carbons (Fsp3) is 0.556. The molecular weight excluding hydrogens is 192 g/mol. The molecule has 6 heteroatoms. The van der Waals surface area contributed by atoms with Gasteiger partial charge in [-0.3, -0.25) is 4.98 Å². The molecule has 2 heterocycles. The molecule has 1 N–H and O–H groups in total. The van der Waals surface area contributed by atoms with Crippen molar-refractivity contribution in [2.45, 2.75) is 31.7 Å². The van der Waals surface area contributed by atoms with Crippen molar-refractivity contribution in [2.75, 3.05) is 5.32 Å². The SMILES string of the molecule is CC1(Nc2cncc3nnnn23)CCC1. The first kappa shape index (κ1) is 8.58. The van der Waals surface area contributed by atoms with Crippen molar-refractivity contribution in [1.29, 1.82) is 0 Å². The lowest BCUT2D eigenvalue weighted by atomic mass is 9.78. The summed E-state index contributed by atoms with van der Waals surface area (Å²) in [6, 6.07) is 0. The lowest BCUT2D eigenvalue weighted by molar-refractivity contribution is 0.305. The average molecular weight is 204 g/mol. The highest BCUT2D eigenvalue weighted by molar-refractivity contribution is 5.45. The van der Waals surface area contributed by atoms with Crippen molar-refractivity contribution in [2.24, 2.45) is 0 Å². The summed E-state index contributed by atoms with van der Waals surface area (Å²) in [5.74, 6) is 0.861. The number of anilines is 1. The van der Waals surface area contributed by atoms with Crippen molar-refractivity contribution in [3.05, 3.63) is 12.4 Å². The summed E-state index contributed by atoms with van der Waals surface area (Å²) in [5, 5.41) is 14.8. The molecule has 1 fully saturated rings. The number of nitrogens with zero attached hydrogens (tertiary/aromatic N) is 5. The normalized spacial score (nSPS) is 18.7. The van der Waals surface area contributed by atoms with E-state index in [1.807, 2.05) is 0 Å². The van der Waals surface area contributed by atoms with Gasteiger partial charge >= 0.3 is 0 Å². The summed E-state index contributed by atoms with van der Waals surface area (Å²) < 4.78 is 1.68. The predicted molar refractivity (Wildman–Crippen MR) is 54.5 cm³/mol. The highest BCUT2D eigenvalue weighted by Crippen LogP contribution is 2.34. The molecule has 1 aliphatic rings. The van der Waals surface area contributed by atoms with Crippen LogP contribution in [0.1, 0.15) is 26.2 Å². The van der Waals surface area contributed by atoms with Gasteiger partial charge in [0.2, 0.25) is 0 Å². The largest absolute Gasteiger partial charge is 0.363 e. The van der Waals surface area contributed by atoms with E-state index in [0.717, 1.165) is 5.82 Å². The molecule has 3 rings (SSSR count). The van der Waals surface area contributed by atoms with E-state index in [1.165, 1.54) is 19.3 Å². The summed E-state index contributed by atoms with van der Waals surface area (Å²) >= 11 is 0. The van der Waals surface area contributed by atoms with Crippen LogP contribution in [0.4, 0.5) is 5.82 Å². The zero-order chi connectivity index (χ0) is 10.3. The van der Waals surface area contributed by atoms with Crippen molar-refractivity contribution in [3.8, 4) is 0 Å². The smallest absolute Gasteiger partial charge is 0.199 e. The number of aromatic nitrogens is 5. The van der Waals surface area contributed by atoms with Gasteiger partial charge in [0, 0.05) is 5.54 Å². The van der Waals surface area contributed by atoms with Crippen LogP contribution in [-0.2, 0) is 0 Å². The lowest BCUT2D eigenvalue weighted by Gasteiger charge is -2.39. The quantitative estimate of drug-likeness (QED) is 0.786. The minimum Gasteiger partial charge on any atom is -0.363 e. The second-order valence-electron chi connectivity index (χ2n) is 4.28. The van der Waals surface area contributed by atoms with E-state index in [9.17, 15) is 0 Å². The Balaban J connectivity index is 1.99. The summed E-state index contributed by atoms with van der Waals surface area (Å²) in [4.78, 5) is 4.10. The Morgan fingerprint density at radius 3 is 3.00 bits per heavy atom. The molecule has 0 atom stereocenters. The average Bonchev–Trinajstić information content (AvgIpc) is 2.64. The first-order valence-electron chi connectivity index (χ1n) is 5.07. The van der Waals surface area contributed by atoms with E-state index in [0.29, 0.717) is 5.65 Å². The molecule has 1 aliphatic carbocycles. The summed E-state index contributed by atoms with van der Waals surface area (Å²) in [6.07, 6.45) is 7.06.